The van der Waals surface area contributed by atoms with Gasteiger partial charge in [0, 0.05) is 13.1 Å². The molecule has 0 amide bonds. The molecule has 0 aromatic heterocycles. The van der Waals surface area contributed by atoms with Gasteiger partial charge in [0.2, 0.25) is 11.9 Å². The zero-order valence-corrected chi connectivity index (χ0v) is 18.3. The lowest BCUT2D eigenvalue weighted by Gasteiger charge is -2.43. The lowest BCUT2D eigenvalue weighted by atomic mass is 10.1. The summed E-state index contributed by atoms with van der Waals surface area (Å²) in [6.45, 7) is 10.1. The molecule has 0 saturated heterocycles. The minimum atomic E-state index is -0.325. The van der Waals surface area contributed by atoms with Crippen LogP contribution in [0.25, 0.3) is 0 Å². The zero-order chi connectivity index (χ0) is 20.4. The van der Waals surface area contributed by atoms with E-state index in [-0.39, 0.29) is 5.66 Å². The van der Waals surface area contributed by atoms with Crippen molar-refractivity contribution in [3.8, 4) is 0 Å². The van der Waals surface area contributed by atoms with Crippen molar-refractivity contribution in [2.45, 2.75) is 91.3 Å². The number of aliphatic imine (C=N–C) groups is 2. The van der Waals surface area contributed by atoms with Crippen LogP contribution >= 0.6 is 0 Å². The summed E-state index contributed by atoms with van der Waals surface area (Å²) in [5, 5.41) is 3.44. The molecule has 0 bridgehead atoms. The predicted molar refractivity (Wildman–Crippen MR) is 120 cm³/mol. The molecule has 3 N–H and O–H groups in total. The summed E-state index contributed by atoms with van der Waals surface area (Å²) >= 11 is 0. The number of nitrogens with one attached hydrogen (secondary N) is 1. The second-order valence-corrected chi connectivity index (χ2v) is 8.41. The van der Waals surface area contributed by atoms with Gasteiger partial charge in [-0.2, -0.15) is 4.99 Å². The van der Waals surface area contributed by atoms with Crippen LogP contribution < -0.4 is 11.1 Å². The topological polar surface area (TPSA) is 66.0 Å². The number of nitrogens with two attached hydrogens (primary N) is 1. The number of hydrogen-bond acceptors (Lipinski definition) is 3. The number of benzene rings is 1. The second kappa shape index (κ2) is 11.1. The Kier molecular flexibility index (Phi) is 8.81. The molecular weight excluding hydrogens is 346 g/mol. The maximum Gasteiger partial charge on any atom is 0.223 e. The van der Waals surface area contributed by atoms with Crippen molar-refractivity contribution in [1.29, 1.82) is 0 Å². The Morgan fingerprint density at radius 3 is 2.21 bits per heavy atom. The summed E-state index contributed by atoms with van der Waals surface area (Å²) in [6.07, 6.45) is 10.4. The van der Waals surface area contributed by atoms with E-state index in [9.17, 15) is 0 Å². The predicted octanol–water partition coefficient (Wildman–Crippen LogP) is 4.95. The summed E-state index contributed by atoms with van der Waals surface area (Å²) in [5.41, 5.74) is 8.44. The third kappa shape index (κ3) is 7.17. The molecule has 5 nitrogen and oxygen atoms in total. The molecular formula is C23H39N5. The average Bonchev–Trinajstić information content (AvgIpc) is 2.64. The standard InChI is InChI=1S/C23H39N5/c1-5-6-7-8-9-10-11-12-17-25-22-26-21(24)28(23(3,4)27-22)18-20-15-13-19(2)14-16-20/h13-16H,5-12,17-18H2,1-4H3,(H3,24,25,26,27). The van der Waals surface area contributed by atoms with Crippen molar-refractivity contribution in [1.82, 2.24) is 10.2 Å². The summed E-state index contributed by atoms with van der Waals surface area (Å²) in [4.78, 5) is 11.2. The third-order valence-electron chi connectivity index (χ3n) is 5.32. The molecule has 1 heterocycles. The first kappa shape index (κ1) is 22.3. The van der Waals surface area contributed by atoms with Crippen molar-refractivity contribution < 1.29 is 0 Å². The number of nitrogens with zero attached hydrogens (tertiary/aromatic N) is 3. The van der Waals surface area contributed by atoms with Gasteiger partial charge in [-0.3, -0.25) is 4.99 Å². The summed E-state index contributed by atoms with van der Waals surface area (Å²) in [7, 11) is 0. The molecule has 0 spiro atoms. The molecule has 2 rings (SSSR count). The highest BCUT2D eigenvalue weighted by atomic mass is 15.4. The monoisotopic (exact) mass is 385 g/mol. The largest absolute Gasteiger partial charge is 0.369 e. The fourth-order valence-corrected chi connectivity index (χ4v) is 3.48. The van der Waals surface area contributed by atoms with E-state index in [1.54, 1.807) is 0 Å². The van der Waals surface area contributed by atoms with Gasteiger partial charge in [-0.25, -0.2) is 0 Å². The van der Waals surface area contributed by atoms with Crippen LogP contribution in [0.1, 0.15) is 83.3 Å². The number of aryl methyl sites for hydroxylation is 1. The zero-order valence-electron chi connectivity index (χ0n) is 18.3. The molecule has 28 heavy (non-hydrogen) atoms. The highest BCUT2D eigenvalue weighted by molar-refractivity contribution is 5.97. The highest BCUT2D eigenvalue weighted by Crippen LogP contribution is 2.19. The molecule has 1 aliphatic rings. The van der Waals surface area contributed by atoms with Gasteiger partial charge < -0.3 is 16.0 Å². The lowest BCUT2D eigenvalue weighted by Crippen LogP contribution is -2.63. The molecule has 0 aliphatic carbocycles. The second-order valence-electron chi connectivity index (χ2n) is 8.41. The fourth-order valence-electron chi connectivity index (χ4n) is 3.48. The molecule has 5 heteroatoms. The van der Waals surface area contributed by atoms with Gasteiger partial charge in [0.25, 0.3) is 0 Å². The molecule has 0 unspecified atom stereocenters. The molecule has 1 aromatic rings. The van der Waals surface area contributed by atoms with E-state index in [4.69, 9.17) is 5.73 Å². The molecule has 0 saturated carbocycles. The molecule has 156 valence electrons. The van der Waals surface area contributed by atoms with Crippen LogP contribution in [0.2, 0.25) is 0 Å². The molecule has 0 fully saturated rings. The van der Waals surface area contributed by atoms with Crippen LogP contribution in [0.4, 0.5) is 0 Å². The minimum absolute atomic E-state index is 0.325. The molecule has 1 aliphatic heterocycles. The molecule has 0 atom stereocenters. The normalized spacial score (nSPS) is 17.5. The Morgan fingerprint density at radius 2 is 1.61 bits per heavy atom. The SMILES string of the molecule is CCCCCCCCCCN=C1N=C(N)N(Cc2ccc(C)cc2)C(C)(C)N1. The average molecular weight is 386 g/mol. The van der Waals surface area contributed by atoms with E-state index in [0.29, 0.717) is 11.9 Å². The van der Waals surface area contributed by atoms with Crippen LogP contribution in [0.3, 0.4) is 0 Å². The van der Waals surface area contributed by atoms with E-state index in [2.05, 4.69) is 72.2 Å². The van der Waals surface area contributed by atoms with Gasteiger partial charge in [0.1, 0.15) is 5.66 Å². The maximum atomic E-state index is 6.29. The van der Waals surface area contributed by atoms with Gasteiger partial charge in [0.05, 0.1) is 0 Å². The van der Waals surface area contributed by atoms with Crippen LogP contribution in [-0.4, -0.2) is 29.0 Å². The number of hydrogen-bond donors (Lipinski definition) is 2. The molecule has 1 aromatic carbocycles. The Morgan fingerprint density at radius 1 is 1.00 bits per heavy atom. The number of guanidine groups is 2. The van der Waals surface area contributed by atoms with Crippen LogP contribution in [-0.2, 0) is 6.54 Å². The van der Waals surface area contributed by atoms with E-state index >= 15 is 0 Å². The van der Waals surface area contributed by atoms with E-state index in [1.807, 2.05) is 0 Å². The number of unbranched alkanes of at least 4 members (excludes halogenated alkanes) is 7. The lowest BCUT2D eigenvalue weighted by molar-refractivity contribution is 0.178. The maximum absolute atomic E-state index is 6.29. The van der Waals surface area contributed by atoms with Crippen molar-refractivity contribution >= 4 is 11.9 Å². The Labute approximate surface area is 171 Å². The first-order chi connectivity index (χ1) is 13.4. The first-order valence-electron chi connectivity index (χ1n) is 10.9. The van der Waals surface area contributed by atoms with Crippen molar-refractivity contribution in [3.63, 3.8) is 0 Å². The van der Waals surface area contributed by atoms with Gasteiger partial charge in [-0.15, -0.1) is 0 Å². The summed E-state index contributed by atoms with van der Waals surface area (Å²) < 4.78 is 0. The van der Waals surface area contributed by atoms with Gasteiger partial charge in [0.15, 0.2) is 0 Å². The van der Waals surface area contributed by atoms with Crippen molar-refractivity contribution in [2.24, 2.45) is 15.7 Å². The van der Waals surface area contributed by atoms with Crippen LogP contribution in [0, 0.1) is 6.92 Å². The quantitative estimate of drug-likeness (QED) is 0.530. The molecule has 0 radical (unpaired) electrons. The van der Waals surface area contributed by atoms with Gasteiger partial charge in [-0.1, -0.05) is 81.7 Å². The summed E-state index contributed by atoms with van der Waals surface area (Å²) in [5.74, 6) is 1.18. The third-order valence-corrected chi connectivity index (χ3v) is 5.32. The van der Waals surface area contributed by atoms with Crippen LogP contribution in [0.15, 0.2) is 34.3 Å². The fraction of sp³-hybridized carbons (Fsp3) is 0.652. The summed E-state index contributed by atoms with van der Waals surface area (Å²) in [6, 6.07) is 8.54. The van der Waals surface area contributed by atoms with Crippen LogP contribution in [0.5, 0.6) is 0 Å². The van der Waals surface area contributed by atoms with Gasteiger partial charge in [-0.05, 0) is 32.8 Å². The van der Waals surface area contributed by atoms with E-state index in [0.717, 1.165) is 19.5 Å². The first-order valence-corrected chi connectivity index (χ1v) is 10.9. The minimum Gasteiger partial charge on any atom is -0.369 e. The van der Waals surface area contributed by atoms with Gasteiger partial charge >= 0.3 is 0 Å². The Bertz CT molecular complexity index is 645. The van der Waals surface area contributed by atoms with E-state index < -0.39 is 0 Å². The Hall–Kier alpha value is -2.04. The highest BCUT2D eigenvalue weighted by Gasteiger charge is 2.33. The van der Waals surface area contributed by atoms with Crippen molar-refractivity contribution in [3.05, 3.63) is 35.4 Å². The number of rotatable bonds is 11. The van der Waals surface area contributed by atoms with Crippen molar-refractivity contribution in [2.75, 3.05) is 6.54 Å². The smallest absolute Gasteiger partial charge is 0.223 e. The Balaban J connectivity index is 1.81. The van der Waals surface area contributed by atoms with E-state index in [1.165, 1.54) is 56.1 Å².